The Kier molecular flexibility index (Phi) is 5.26. The van der Waals surface area contributed by atoms with E-state index in [0.717, 1.165) is 31.9 Å². The van der Waals surface area contributed by atoms with Crippen molar-refractivity contribution in [2.45, 2.75) is 13.3 Å². The standard InChI is InChI=1S/C17H20N6O2/c1-12-6-16(22-25-12)21-17(24)11-23-5-4-14(10-23)9-20-15-3-2-13(7-18)8-19-15/h2-3,6,8,14H,4-5,9-11H2,1H3,(H,19,20)(H,21,22,24)/t14-/m1/s1. The summed E-state index contributed by atoms with van der Waals surface area (Å²) in [5.41, 5.74) is 0.547. The highest BCUT2D eigenvalue weighted by Crippen LogP contribution is 2.17. The molecule has 1 aliphatic rings. The van der Waals surface area contributed by atoms with Crippen LogP contribution in [0.25, 0.3) is 0 Å². The van der Waals surface area contributed by atoms with Gasteiger partial charge in [0, 0.05) is 25.4 Å². The SMILES string of the molecule is Cc1cc(NC(=O)CN2CC[C@H](CNc3ccc(C#N)cn3)C2)no1. The average Bonchev–Trinajstić information content (AvgIpc) is 3.22. The zero-order valence-corrected chi connectivity index (χ0v) is 14.0. The number of anilines is 2. The zero-order chi connectivity index (χ0) is 17.6. The van der Waals surface area contributed by atoms with Crippen molar-refractivity contribution in [1.82, 2.24) is 15.0 Å². The van der Waals surface area contributed by atoms with E-state index in [2.05, 4.69) is 25.7 Å². The predicted molar refractivity (Wildman–Crippen MR) is 91.9 cm³/mol. The Morgan fingerprint density at radius 1 is 1.48 bits per heavy atom. The third-order valence-corrected chi connectivity index (χ3v) is 4.10. The van der Waals surface area contributed by atoms with E-state index in [1.807, 2.05) is 6.07 Å². The molecule has 8 nitrogen and oxygen atoms in total. The number of nitrogens with one attached hydrogen (secondary N) is 2. The summed E-state index contributed by atoms with van der Waals surface area (Å²) in [6.07, 6.45) is 2.58. The van der Waals surface area contributed by atoms with Crippen LogP contribution in [-0.4, -0.2) is 47.1 Å². The molecule has 0 bridgehead atoms. The van der Waals surface area contributed by atoms with Gasteiger partial charge in [0.1, 0.15) is 17.6 Å². The molecule has 0 aromatic carbocycles. The fraction of sp³-hybridized carbons (Fsp3) is 0.412. The molecule has 0 aliphatic carbocycles. The molecule has 0 saturated carbocycles. The fourth-order valence-electron chi connectivity index (χ4n) is 2.85. The summed E-state index contributed by atoms with van der Waals surface area (Å²) < 4.78 is 4.93. The summed E-state index contributed by atoms with van der Waals surface area (Å²) in [5, 5.41) is 18.5. The molecule has 8 heteroatoms. The first-order chi connectivity index (χ1) is 12.1. The van der Waals surface area contributed by atoms with E-state index < -0.39 is 0 Å². The van der Waals surface area contributed by atoms with Crippen LogP contribution in [0.3, 0.4) is 0 Å². The molecule has 3 rings (SSSR count). The van der Waals surface area contributed by atoms with E-state index in [9.17, 15) is 4.79 Å². The molecule has 1 fully saturated rings. The molecule has 1 saturated heterocycles. The van der Waals surface area contributed by atoms with Gasteiger partial charge < -0.3 is 15.2 Å². The van der Waals surface area contributed by atoms with Crippen molar-refractivity contribution in [3.63, 3.8) is 0 Å². The van der Waals surface area contributed by atoms with E-state index in [4.69, 9.17) is 9.78 Å². The smallest absolute Gasteiger partial charge is 0.239 e. The van der Waals surface area contributed by atoms with Crippen LogP contribution in [0, 0.1) is 24.2 Å². The Balaban J connectivity index is 1.40. The van der Waals surface area contributed by atoms with Crippen molar-refractivity contribution in [3.8, 4) is 6.07 Å². The fourth-order valence-corrected chi connectivity index (χ4v) is 2.85. The number of amides is 1. The van der Waals surface area contributed by atoms with Gasteiger partial charge in [-0.3, -0.25) is 9.69 Å². The van der Waals surface area contributed by atoms with Crippen LogP contribution in [0.2, 0.25) is 0 Å². The molecule has 0 unspecified atom stereocenters. The minimum absolute atomic E-state index is 0.0873. The predicted octanol–water partition coefficient (Wildman–Crippen LogP) is 1.62. The normalized spacial score (nSPS) is 17.2. The number of aryl methyl sites for hydroxylation is 1. The highest BCUT2D eigenvalue weighted by molar-refractivity contribution is 5.91. The average molecular weight is 340 g/mol. The van der Waals surface area contributed by atoms with E-state index in [1.165, 1.54) is 0 Å². The lowest BCUT2D eigenvalue weighted by atomic mass is 10.1. The summed E-state index contributed by atoms with van der Waals surface area (Å²) in [7, 11) is 0. The summed E-state index contributed by atoms with van der Waals surface area (Å²) in [6.45, 7) is 4.66. The summed E-state index contributed by atoms with van der Waals surface area (Å²) in [6, 6.07) is 7.29. The van der Waals surface area contributed by atoms with Crippen LogP contribution in [0.15, 0.2) is 28.9 Å². The molecule has 130 valence electrons. The highest BCUT2D eigenvalue weighted by atomic mass is 16.5. The molecule has 2 N–H and O–H groups in total. The lowest BCUT2D eigenvalue weighted by molar-refractivity contribution is -0.117. The number of carbonyl (C=O) groups is 1. The number of nitrogens with zero attached hydrogens (tertiary/aromatic N) is 4. The number of aromatic nitrogens is 2. The number of likely N-dealkylation sites (tertiary alicyclic amines) is 1. The Morgan fingerprint density at radius 3 is 3.04 bits per heavy atom. The second kappa shape index (κ2) is 7.77. The van der Waals surface area contributed by atoms with Crippen LogP contribution >= 0.6 is 0 Å². The van der Waals surface area contributed by atoms with Gasteiger partial charge in [-0.15, -0.1) is 0 Å². The van der Waals surface area contributed by atoms with Crippen LogP contribution in [0.1, 0.15) is 17.7 Å². The van der Waals surface area contributed by atoms with E-state index in [0.29, 0.717) is 29.6 Å². The molecule has 25 heavy (non-hydrogen) atoms. The van der Waals surface area contributed by atoms with Crippen LogP contribution in [0.4, 0.5) is 11.6 Å². The van der Waals surface area contributed by atoms with Gasteiger partial charge in [-0.05, 0) is 37.9 Å². The van der Waals surface area contributed by atoms with Gasteiger partial charge in [0.2, 0.25) is 5.91 Å². The Morgan fingerprint density at radius 2 is 2.36 bits per heavy atom. The number of carbonyl (C=O) groups excluding carboxylic acids is 1. The van der Waals surface area contributed by atoms with Gasteiger partial charge in [0.05, 0.1) is 12.1 Å². The minimum Gasteiger partial charge on any atom is -0.370 e. The quantitative estimate of drug-likeness (QED) is 0.823. The Labute approximate surface area is 145 Å². The van der Waals surface area contributed by atoms with E-state index in [-0.39, 0.29) is 5.91 Å². The van der Waals surface area contributed by atoms with E-state index in [1.54, 1.807) is 31.3 Å². The second-order valence-corrected chi connectivity index (χ2v) is 6.19. The Hall–Kier alpha value is -2.92. The maximum atomic E-state index is 12.0. The topological polar surface area (TPSA) is 107 Å². The van der Waals surface area contributed by atoms with Crippen molar-refractivity contribution < 1.29 is 9.32 Å². The summed E-state index contributed by atoms with van der Waals surface area (Å²) in [5.74, 6) is 2.25. The highest BCUT2D eigenvalue weighted by Gasteiger charge is 2.24. The number of nitriles is 1. The maximum Gasteiger partial charge on any atom is 0.239 e. The largest absolute Gasteiger partial charge is 0.370 e. The van der Waals surface area contributed by atoms with Gasteiger partial charge in [-0.1, -0.05) is 5.16 Å². The number of hydrogen-bond donors (Lipinski definition) is 2. The summed E-state index contributed by atoms with van der Waals surface area (Å²) in [4.78, 5) is 18.4. The summed E-state index contributed by atoms with van der Waals surface area (Å²) >= 11 is 0. The molecule has 0 spiro atoms. The van der Waals surface area contributed by atoms with Crippen LogP contribution in [0.5, 0.6) is 0 Å². The third-order valence-electron chi connectivity index (χ3n) is 4.10. The van der Waals surface area contributed by atoms with Crippen LogP contribution in [-0.2, 0) is 4.79 Å². The first-order valence-electron chi connectivity index (χ1n) is 8.18. The van der Waals surface area contributed by atoms with Gasteiger partial charge in [0.25, 0.3) is 0 Å². The monoisotopic (exact) mass is 340 g/mol. The molecule has 0 radical (unpaired) electrons. The van der Waals surface area contributed by atoms with Crippen molar-refractivity contribution in [1.29, 1.82) is 5.26 Å². The van der Waals surface area contributed by atoms with Crippen molar-refractivity contribution in [2.24, 2.45) is 5.92 Å². The molecule has 2 aromatic rings. The number of hydrogen-bond acceptors (Lipinski definition) is 7. The molecule has 2 aromatic heterocycles. The lowest BCUT2D eigenvalue weighted by Crippen LogP contribution is -2.32. The van der Waals surface area contributed by atoms with Crippen molar-refractivity contribution in [2.75, 3.05) is 36.8 Å². The Bertz CT molecular complexity index is 764. The molecule has 3 heterocycles. The van der Waals surface area contributed by atoms with Gasteiger partial charge in [-0.25, -0.2) is 4.98 Å². The molecule has 1 atom stereocenters. The third kappa shape index (κ3) is 4.78. The molecule has 1 amide bonds. The van der Waals surface area contributed by atoms with Gasteiger partial charge in [0.15, 0.2) is 5.82 Å². The van der Waals surface area contributed by atoms with Crippen molar-refractivity contribution >= 4 is 17.5 Å². The van der Waals surface area contributed by atoms with Crippen molar-refractivity contribution in [3.05, 3.63) is 35.7 Å². The molecular formula is C17H20N6O2. The first-order valence-corrected chi connectivity index (χ1v) is 8.18. The minimum atomic E-state index is -0.0873. The van der Waals surface area contributed by atoms with Gasteiger partial charge >= 0.3 is 0 Å². The molecular weight excluding hydrogens is 320 g/mol. The first kappa shape index (κ1) is 16.9. The lowest BCUT2D eigenvalue weighted by Gasteiger charge is -2.15. The zero-order valence-electron chi connectivity index (χ0n) is 14.0. The van der Waals surface area contributed by atoms with E-state index >= 15 is 0 Å². The maximum absolute atomic E-state index is 12.0. The second-order valence-electron chi connectivity index (χ2n) is 6.19. The molecule has 1 aliphatic heterocycles. The number of pyridine rings is 1. The number of rotatable bonds is 6. The van der Waals surface area contributed by atoms with Crippen LogP contribution < -0.4 is 10.6 Å². The van der Waals surface area contributed by atoms with Gasteiger partial charge in [-0.2, -0.15) is 5.26 Å².